The number of furan rings is 1. The Bertz CT molecular complexity index is 721. The lowest BCUT2D eigenvalue weighted by Crippen LogP contribution is -2.21. The Morgan fingerprint density at radius 2 is 2.08 bits per heavy atom. The van der Waals surface area contributed by atoms with E-state index in [4.69, 9.17) is 14.0 Å². The molecule has 2 unspecified atom stereocenters. The highest BCUT2D eigenvalue weighted by molar-refractivity contribution is 6.04. The normalized spacial score (nSPS) is 19.3. The third-order valence-corrected chi connectivity index (χ3v) is 4.12. The molecule has 1 aromatic carbocycles. The van der Waals surface area contributed by atoms with Gasteiger partial charge in [-0.3, -0.25) is 4.79 Å². The molecule has 0 radical (unpaired) electrons. The molecule has 2 aromatic rings. The number of nitrogens with zero attached hydrogens (tertiary/aromatic N) is 1. The fraction of sp³-hybridized carbons (Fsp3) is 0.368. The van der Waals surface area contributed by atoms with Gasteiger partial charge in [-0.15, -0.1) is 0 Å². The lowest BCUT2D eigenvalue weighted by Gasteiger charge is -2.15. The van der Waals surface area contributed by atoms with E-state index in [1.165, 1.54) is 6.26 Å². The smallest absolute Gasteiger partial charge is 0.304 e. The van der Waals surface area contributed by atoms with Crippen LogP contribution in [-0.4, -0.2) is 23.4 Å². The van der Waals surface area contributed by atoms with Crippen LogP contribution in [0.4, 0.5) is 0 Å². The maximum Gasteiger partial charge on any atom is 0.304 e. The number of carboxylic acid groups (broad SMARTS) is 1. The van der Waals surface area contributed by atoms with Crippen molar-refractivity contribution in [2.75, 3.05) is 6.61 Å². The first-order chi connectivity index (χ1) is 12.2. The van der Waals surface area contributed by atoms with E-state index in [0.717, 1.165) is 24.2 Å². The highest BCUT2D eigenvalue weighted by Gasteiger charge is 2.39. The predicted octanol–water partition coefficient (Wildman–Crippen LogP) is 4.03. The molecule has 0 spiro atoms. The molecule has 6 nitrogen and oxygen atoms in total. The van der Waals surface area contributed by atoms with E-state index < -0.39 is 18.0 Å². The molecular formula is C19H21NO5. The van der Waals surface area contributed by atoms with Crippen molar-refractivity contribution in [3.05, 3.63) is 54.0 Å². The maximum absolute atomic E-state index is 11.3. The third kappa shape index (κ3) is 4.02. The molecule has 1 N–H and O–H groups in total. The van der Waals surface area contributed by atoms with Gasteiger partial charge >= 0.3 is 5.97 Å². The Balaban J connectivity index is 1.76. The minimum atomic E-state index is -0.903. The molecule has 0 saturated carbocycles. The van der Waals surface area contributed by atoms with E-state index in [-0.39, 0.29) is 6.42 Å². The predicted molar refractivity (Wildman–Crippen MR) is 91.7 cm³/mol. The summed E-state index contributed by atoms with van der Waals surface area (Å²) in [6, 6.07) is 11.0. The summed E-state index contributed by atoms with van der Waals surface area (Å²) in [6.45, 7) is 2.80. The summed E-state index contributed by atoms with van der Waals surface area (Å²) in [5.41, 5.74) is 1.44. The first kappa shape index (κ1) is 17.1. The zero-order valence-electron chi connectivity index (χ0n) is 14.1. The molecule has 0 fully saturated rings. The minimum Gasteiger partial charge on any atom is -0.494 e. The number of unbranched alkanes of at least 4 members (excludes halogenated alkanes) is 1. The van der Waals surface area contributed by atoms with E-state index in [0.29, 0.717) is 18.1 Å². The molecule has 1 aliphatic rings. The standard InChI is InChI=1S/C19H21NO5/c1-2-3-10-23-14-8-6-13(7-9-14)18-15(12-17(21)22)19(25-20-18)16-5-4-11-24-16/h4-9,11,15,19H,2-3,10,12H2,1H3,(H,21,22). The number of aliphatic carboxylic acids is 1. The molecule has 2 atom stereocenters. The highest BCUT2D eigenvalue weighted by atomic mass is 16.6. The van der Waals surface area contributed by atoms with Gasteiger partial charge in [-0.25, -0.2) is 0 Å². The summed E-state index contributed by atoms with van der Waals surface area (Å²) in [7, 11) is 0. The second-order valence-corrected chi connectivity index (χ2v) is 5.95. The summed E-state index contributed by atoms with van der Waals surface area (Å²) in [6.07, 6.45) is 3.02. The number of ether oxygens (including phenoxy) is 1. The maximum atomic E-state index is 11.3. The third-order valence-electron chi connectivity index (χ3n) is 4.12. The molecule has 2 heterocycles. The van der Waals surface area contributed by atoms with Crippen molar-refractivity contribution in [3.63, 3.8) is 0 Å². The van der Waals surface area contributed by atoms with Gasteiger partial charge in [0.25, 0.3) is 0 Å². The van der Waals surface area contributed by atoms with Crippen LogP contribution in [-0.2, 0) is 9.63 Å². The molecule has 6 heteroatoms. The zero-order chi connectivity index (χ0) is 17.6. The molecule has 1 aliphatic heterocycles. The van der Waals surface area contributed by atoms with E-state index >= 15 is 0 Å². The van der Waals surface area contributed by atoms with Gasteiger partial charge in [-0.1, -0.05) is 18.5 Å². The minimum absolute atomic E-state index is 0.0844. The van der Waals surface area contributed by atoms with Crippen LogP contribution >= 0.6 is 0 Å². The number of hydrogen-bond acceptors (Lipinski definition) is 5. The van der Waals surface area contributed by atoms with Gasteiger partial charge in [0.1, 0.15) is 11.5 Å². The van der Waals surface area contributed by atoms with E-state index in [1.54, 1.807) is 12.1 Å². The quantitative estimate of drug-likeness (QED) is 0.732. The number of benzene rings is 1. The van der Waals surface area contributed by atoms with Crippen LogP contribution in [0.1, 0.15) is 43.6 Å². The number of carbonyl (C=O) groups is 1. The van der Waals surface area contributed by atoms with Crippen molar-refractivity contribution >= 4 is 11.7 Å². The Kier molecular flexibility index (Phi) is 5.38. The number of rotatable bonds is 8. The molecule has 1 aromatic heterocycles. The molecule has 0 bridgehead atoms. The van der Waals surface area contributed by atoms with E-state index in [1.807, 2.05) is 24.3 Å². The van der Waals surface area contributed by atoms with Gasteiger partial charge in [-0.05, 0) is 42.8 Å². The first-order valence-corrected chi connectivity index (χ1v) is 8.41. The monoisotopic (exact) mass is 343 g/mol. The molecule has 0 aliphatic carbocycles. The van der Waals surface area contributed by atoms with Crippen LogP contribution < -0.4 is 4.74 Å². The van der Waals surface area contributed by atoms with Crippen LogP contribution in [0.5, 0.6) is 5.75 Å². The average Bonchev–Trinajstić information content (AvgIpc) is 3.25. The molecule has 0 saturated heterocycles. The van der Waals surface area contributed by atoms with Crippen LogP contribution in [0.3, 0.4) is 0 Å². The van der Waals surface area contributed by atoms with Crippen molar-refractivity contribution < 1.29 is 23.9 Å². The topological polar surface area (TPSA) is 81.3 Å². The average molecular weight is 343 g/mol. The highest BCUT2D eigenvalue weighted by Crippen LogP contribution is 2.37. The van der Waals surface area contributed by atoms with Crippen LogP contribution in [0.25, 0.3) is 0 Å². The number of oxime groups is 1. The lowest BCUT2D eigenvalue weighted by atomic mass is 9.88. The van der Waals surface area contributed by atoms with Gasteiger partial charge in [0.05, 0.1) is 30.9 Å². The van der Waals surface area contributed by atoms with Crippen molar-refractivity contribution in [1.29, 1.82) is 0 Å². The Morgan fingerprint density at radius 1 is 1.28 bits per heavy atom. The van der Waals surface area contributed by atoms with Crippen LogP contribution in [0, 0.1) is 5.92 Å². The lowest BCUT2D eigenvalue weighted by molar-refractivity contribution is -0.138. The number of hydrogen-bond donors (Lipinski definition) is 1. The van der Waals surface area contributed by atoms with Crippen LogP contribution in [0.15, 0.2) is 52.2 Å². The first-order valence-electron chi connectivity index (χ1n) is 8.41. The zero-order valence-corrected chi connectivity index (χ0v) is 14.1. The summed E-state index contributed by atoms with van der Waals surface area (Å²) >= 11 is 0. The van der Waals surface area contributed by atoms with Crippen molar-refractivity contribution in [1.82, 2.24) is 0 Å². The van der Waals surface area contributed by atoms with Gasteiger partial charge in [0, 0.05) is 5.56 Å². The van der Waals surface area contributed by atoms with Gasteiger partial charge in [0.15, 0.2) is 6.10 Å². The van der Waals surface area contributed by atoms with Gasteiger partial charge in [0.2, 0.25) is 0 Å². The largest absolute Gasteiger partial charge is 0.494 e. The Labute approximate surface area is 146 Å². The van der Waals surface area contributed by atoms with Crippen molar-refractivity contribution in [2.24, 2.45) is 11.1 Å². The second kappa shape index (κ2) is 7.88. The second-order valence-electron chi connectivity index (χ2n) is 5.95. The SMILES string of the molecule is CCCCOc1ccc(C2=NOC(c3ccco3)C2CC(=O)O)cc1. The van der Waals surface area contributed by atoms with Crippen molar-refractivity contribution in [2.45, 2.75) is 32.3 Å². The molecule has 3 rings (SSSR count). The summed E-state index contributed by atoms with van der Waals surface area (Å²) in [5.74, 6) is 0.0494. The van der Waals surface area contributed by atoms with Crippen LogP contribution in [0.2, 0.25) is 0 Å². The Morgan fingerprint density at radius 3 is 2.72 bits per heavy atom. The molecule has 25 heavy (non-hydrogen) atoms. The fourth-order valence-corrected chi connectivity index (χ4v) is 2.82. The summed E-state index contributed by atoms with van der Waals surface area (Å²) < 4.78 is 11.0. The van der Waals surface area contributed by atoms with E-state index in [2.05, 4.69) is 12.1 Å². The summed E-state index contributed by atoms with van der Waals surface area (Å²) in [5, 5.41) is 13.4. The summed E-state index contributed by atoms with van der Waals surface area (Å²) in [4.78, 5) is 16.8. The molecule has 0 amide bonds. The van der Waals surface area contributed by atoms with E-state index in [9.17, 15) is 9.90 Å². The molecule has 132 valence electrons. The number of carboxylic acids is 1. The molecular weight excluding hydrogens is 322 g/mol. The van der Waals surface area contributed by atoms with Gasteiger partial charge < -0.3 is 19.1 Å². The fourth-order valence-electron chi connectivity index (χ4n) is 2.82. The van der Waals surface area contributed by atoms with Crippen molar-refractivity contribution in [3.8, 4) is 5.75 Å². The Hall–Kier alpha value is -2.76. The van der Waals surface area contributed by atoms with Gasteiger partial charge in [-0.2, -0.15) is 0 Å².